The summed E-state index contributed by atoms with van der Waals surface area (Å²) in [5, 5.41) is 87.2. The van der Waals surface area contributed by atoms with Crippen molar-refractivity contribution in [2.24, 2.45) is 64.0 Å². The molecule has 0 bridgehead atoms. The van der Waals surface area contributed by atoms with Crippen LogP contribution in [0.2, 0.25) is 0 Å². The van der Waals surface area contributed by atoms with Crippen LogP contribution in [0.25, 0.3) is 0 Å². The number of unbranched alkanes of at least 4 members (excludes halogenated alkanes) is 5. The number of carbonyl (C=O) groups is 21. The van der Waals surface area contributed by atoms with Crippen molar-refractivity contribution in [3.63, 3.8) is 0 Å². The summed E-state index contributed by atoms with van der Waals surface area (Å²) in [6.45, 7) is 26.4. The van der Waals surface area contributed by atoms with E-state index in [1.54, 1.807) is 14.1 Å². The van der Waals surface area contributed by atoms with Crippen molar-refractivity contribution in [3.05, 3.63) is 0 Å². The van der Waals surface area contributed by atoms with Crippen LogP contribution in [0, 0.1) is 29.6 Å². The molecule has 0 aliphatic rings. The predicted molar refractivity (Wildman–Crippen MR) is 539 cm³/mol. The molecule has 0 rings (SSSR count). The first-order valence-corrected chi connectivity index (χ1v) is 48.9. The van der Waals surface area contributed by atoms with Crippen molar-refractivity contribution in [2.45, 2.75) is 330 Å². The number of likely N-dealkylation sites (N-methyl/N-ethyl adjacent to an activating group) is 2. The van der Waals surface area contributed by atoms with Gasteiger partial charge in [-0.15, -0.1) is 0 Å². The molecule has 0 aliphatic carbocycles. The smallest absolute Gasteiger partial charge is 0.245 e. The maximum Gasteiger partial charge on any atom is 0.245 e. The molecule has 15 atom stereocenters. The molecule has 0 aromatic rings. The number of aliphatic hydroxyl groups excluding tert-OH is 5. The van der Waals surface area contributed by atoms with E-state index in [-0.39, 0.29) is 47.8 Å². The monoisotopic (exact) mass is 2060 g/mol. The predicted octanol–water partition coefficient (Wildman–Crippen LogP) is -7.45. The lowest BCUT2D eigenvalue weighted by atomic mass is 10.0. The van der Waals surface area contributed by atoms with Crippen molar-refractivity contribution < 1.29 is 126 Å². The summed E-state index contributed by atoms with van der Waals surface area (Å²) in [6, 6.07) is -14.6. The van der Waals surface area contributed by atoms with Crippen molar-refractivity contribution >= 4 is 124 Å². The zero-order chi connectivity index (χ0) is 112. The fourth-order valence-corrected chi connectivity index (χ4v) is 13.6. The Morgan fingerprint density at radius 2 is 0.486 bits per heavy atom. The second kappa shape index (κ2) is 80.8. The molecule has 0 radical (unpaired) electrons. The lowest BCUT2D eigenvalue weighted by Crippen LogP contribution is -2.57. The summed E-state index contributed by atoms with van der Waals surface area (Å²) in [7, 11) is 10.4. The number of nitrogens with zero attached hydrogens (tertiary/aromatic N) is 3. The van der Waals surface area contributed by atoms with Crippen LogP contribution < -0.4 is 119 Å². The largest absolute Gasteiger partial charge is 0.394 e. The zero-order valence-electron chi connectivity index (χ0n) is 88.9. The molecule has 0 spiro atoms. The van der Waals surface area contributed by atoms with Crippen LogP contribution in [0.5, 0.6) is 0 Å². The fourth-order valence-electron chi connectivity index (χ4n) is 13.6. The molecule has 0 aromatic heterocycles. The van der Waals surface area contributed by atoms with E-state index in [2.05, 4.69) is 85.1 Å². The van der Waals surface area contributed by atoms with Gasteiger partial charge in [0.05, 0.1) is 33.0 Å². The van der Waals surface area contributed by atoms with Crippen LogP contribution in [-0.2, 0) is 101 Å². The number of aliphatic hydroxyl groups is 5. The number of hydrogen-bond donors (Lipinski definition) is 27. The molecule has 832 valence electrons. The first-order valence-electron chi connectivity index (χ1n) is 48.9. The minimum absolute atomic E-state index is 0.104. The Morgan fingerprint density at radius 1 is 0.257 bits per heavy atom. The highest BCUT2D eigenvalue weighted by Crippen LogP contribution is 2.17. The van der Waals surface area contributed by atoms with Gasteiger partial charge in [-0.2, -0.15) is 0 Å². The lowest BCUT2D eigenvalue weighted by molar-refractivity contribution is -0.142. The van der Waals surface area contributed by atoms with Crippen LogP contribution in [0.1, 0.15) is 239 Å². The van der Waals surface area contributed by atoms with E-state index in [1.807, 2.05) is 95.3 Å². The van der Waals surface area contributed by atoms with Gasteiger partial charge >= 0.3 is 0 Å². The number of nitrogens with two attached hydrogens (primary N) is 6. The van der Waals surface area contributed by atoms with Gasteiger partial charge in [0.15, 0.2) is 0 Å². The van der Waals surface area contributed by atoms with Gasteiger partial charge in [0.2, 0.25) is 124 Å². The molecular weight excluding hydrogens is 1880 g/mol. The summed E-state index contributed by atoms with van der Waals surface area (Å²) in [5.74, 6) is -10.7. The molecule has 144 heavy (non-hydrogen) atoms. The molecule has 0 unspecified atom stereocenters. The second-order valence-electron chi connectivity index (χ2n) is 37.6. The normalized spacial score (nSPS) is 14.0. The number of rotatable bonds is 68. The zero-order valence-corrected chi connectivity index (χ0v) is 88.9. The summed E-state index contributed by atoms with van der Waals surface area (Å²) in [5.41, 5.74) is 32.6. The number of amides is 21. The Balaban J connectivity index is -0.000000559. The minimum Gasteiger partial charge on any atom is -0.394 e. The van der Waals surface area contributed by atoms with Crippen molar-refractivity contribution in [2.75, 3.05) is 108 Å². The molecule has 33 N–H and O–H groups in total. The number of nitrogens with one attached hydrogen (secondary N) is 16. The van der Waals surface area contributed by atoms with E-state index in [0.717, 1.165) is 25.9 Å². The van der Waals surface area contributed by atoms with Crippen molar-refractivity contribution in [1.29, 1.82) is 0 Å². The molecule has 0 saturated heterocycles. The second-order valence-corrected chi connectivity index (χ2v) is 37.6. The minimum atomic E-state index is -1.21. The highest BCUT2D eigenvalue weighted by Gasteiger charge is 2.37. The van der Waals surface area contributed by atoms with Gasteiger partial charge in [-0.3, -0.25) is 101 Å². The van der Waals surface area contributed by atoms with E-state index in [0.29, 0.717) is 129 Å². The van der Waals surface area contributed by atoms with Crippen LogP contribution in [0.3, 0.4) is 0 Å². The molecule has 21 amide bonds. The van der Waals surface area contributed by atoms with Crippen LogP contribution in [0.4, 0.5) is 0 Å². The quantitative estimate of drug-likeness (QED) is 0.0252. The molecule has 0 aromatic carbocycles. The van der Waals surface area contributed by atoms with Gasteiger partial charge in [0.1, 0.15) is 90.6 Å². The Morgan fingerprint density at radius 3 is 0.708 bits per heavy atom. The molecule has 51 heteroatoms. The molecule has 0 heterocycles. The lowest BCUT2D eigenvalue weighted by Gasteiger charge is -2.31. The van der Waals surface area contributed by atoms with Gasteiger partial charge in [-0.25, -0.2) is 0 Å². The summed E-state index contributed by atoms with van der Waals surface area (Å²) in [6.07, 6.45) is 9.95. The van der Waals surface area contributed by atoms with Gasteiger partial charge in [-0.05, 0) is 205 Å². The number of carbonyl (C=O) groups excluding carboxylic acids is 21. The fraction of sp³-hybridized carbons (Fsp3) is 0.774. The van der Waals surface area contributed by atoms with Gasteiger partial charge in [0, 0.05) is 69.2 Å². The third-order valence-corrected chi connectivity index (χ3v) is 20.9. The Bertz CT molecular complexity index is 3870. The third kappa shape index (κ3) is 69.5. The maximum atomic E-state index is 13.0. The third-order valence-electron chi connectivity index (χ3n) is 20.9. The molecular formula is C93H179N25O26. The van der Waals surface area contributed by atoms with Crippen LogP contribution >= 0.6 is 0 Å². The summed E-state index contributed by atoms with van der Waals surface area (Å²) in [4.78, 5) is 257. The Hall–Kier alpha value is -11.5. The van der Waals surface area contributed by atoms with E-state index in [9.17, 15) is 126 Å². The molecule has 0 aliphatic heterocycles. The van der Waals surface area contributed by atoms with Gasteiger partial charge in [-0.1, -0.05) is 69.2 Å². The highest BCUT2D eigenvalue weighted by atomic mass is 16.3. The average molecular weight is 2060 g/mol. The average Bonchev–Trinajstić information content (AvgIpc) is 0.845. The maximum absolute atomic E-state index is 13.0. The molecule has 51 nitrogen and oxygen atoms in total. The summed E-state index contributed by atoms with van der Waals surface area (Å²) >= 11 is 0. The first-order chi connectivity index (χ1) is 67.1. The standard InChI is InChI=1S/C19H35N5O6.2C19H37N5O5.2C18H35N5O5/c1-11(2)9-15(17(20)28)24-18(29)14(7-5-6-8-21-12(3)26)23-19(30)16(10-25)22-13(4)27;1-12(2)10-15(17(20)27)23-18(28)14(8-6-7-9-24(4)5)22-19(29)16(11-25)21-13(3)26;1-12(2)10-15(19(29)24(4)5)23-17(27)14(8-6-7-9-20)22-18(28)16(11-25)21-13(3)26;1-11(2)9-15(16(20)26)23(4)18(28)13(7-5-6-8-19)22-17(27)14(10-24)21-12(3)25;1-11(2)9-14(16(19)26)23-17(27)13(7-5-6-8-20-4)22-18(28)15(10-24)21-12(3)25/h11,14-16,25H,5-10H2,1-4H3,(H2,20,28)(H,21,26)(H,22,27)(H,23,30)(H,24,29);12,14-16,25H,6-11H2,1-5H3,(H2,20,27)(H,21,26)(H,22,29)(H,23,28);12,14-16,25H,6-11,20H2,1-5H3,(H,21,26)(H,22,28)(H,23,27);11,13-15,24H,5-10,19H2,1-4H3,(H2,20,26)(H,21,25)(H,22,27);11,13-15,20,24H,5-10H2,1-4H3,(H2,19,26)(H,21,25)(H,22,28)(H,23,27)/t3*14-,15-,16-;2*13-,14-,15-/m00000/s1. The Kier molecular flexibility index (Phi) is 79.1. The van der Waals surface area contributed by atoms with E-state index < -0.39 is 236 Å². The summed E-state index contributed by atoms with van der Waals surface area (Å²) < 4.78 is 0. The number of primary amides is 4. The van der Waals surface area contributed by atoms with E-state index in [4.69, 9.17) is 34.4 Å². The van der Waals surface area contributed by atoms with E-state index >= 15 is 0 Å². The SMILES string of the molecule is CC(=O)NCCCC[C@H](NC(=O)[C@H](CO)NC(C)=O)C(=O)N[C@@H](CC(C)C)C(N)=O.CC(=O)N[C@@H](CO)C(=O)N[C@@H](CCCCN(C)C)C(=O)N[C@@H](CC(C)C)C(N)=O.CC(=O)N[C@@H](CO)C(=O)N[C@@H](CCCCN)C(=O)N(C)[C@@H](CC(C)C)C(N)=O.CC(=O)N[C@@H](CO)C(=O)N[C@@H](CCCCN)C(=O)N[C@@H](CC(C)C)C(=O)N(C)C.CNCCCC[C@H](NC(=O)[C@H](CO)NC(C)=O)C(=O)N[C@@H](CC(C)C)C(N)=O. The van der Waals surface area contributed by atoms with Crippen molar-refractivity contribution in [3.8, 4) is 0 Å². The topological polar surface area (TPSA) is 818 Å². The van der Waals surface area contributed by atoms with Gasteiger partial charge < -0.3 is 160 Å². The van der Waals surface area contributed by atoms with Crippen LogP contribution in [0.15, 0.2) is 0 Å². The number of hydrogen-bond acceptors (Lipinski definition) is 30. The highest BCUT2D eigenvalue weighted by molar-refractivity contribution is 5.99. The van der Waals surface area contributed by atoms with Crippen molar-refractivity contribution in [1.82, 2.24) is 99.8 Å². The Labute approximate surface area is 848 Å². The van der Waals surface area contributed by atoms with Crippen LogP contribution in [-0.4, -0.2) is 363 Å². The first kappa shape index (κ1) is 141. The molecule has 0 saturated carbocycles. The molecule has 0 fully saturated rings. The van der Waals surface area contributed by atoms with Gasteiger partial charge in [0.25, 0.3) is 0 Å². The van der Waals surface area contributed by atoms with E-state index in [1.165, 1.54) is 58.4 Å².